The molecule has 0 bridgehead atoms. The van der Waals surface area contributed by atoms with Crippen LogP contribution in [0.15, 0.2) is 12.1 Å². The van der Waals surface area contributed by atoms with Crippen molar-refractivity contribution in [3.8, 4) is 0 Å². The van der Waals surface area contributed by atoms with Crippen molar-refractivity contribution in [3.05, 3.63) is 23.5 Å². The van der Waals surface area contributed by atoms with Crippen LogP contribution in [0.25, 0.3) is 0 Å². The summed E-state index contributed by atoms with van der Waals surface area (Å²) in [5.74, 6) is -0.375. The van der Waals surface area contributed by atoms with Crippen LogP contribution in [0.2, 0.25) is 0 Å². The minimum atomic E-state index is -0.375. The van der Waals surface area contributed by atoms with Gasteiger partial charge in [-0.05, 0) is 18.6 Å². The van der Waals surface area contributed by atoms with Gasteiger partial charge in [-0.1, -0.05) is 6.92 Å². The van der Waals surface area contributed by atoms with Gasteiger partial charge in [-0.25, -0.2) is 4.79 Å². The second-order valence-electron chi connectivity index (χ2n) is 3.56. The summed E-state index contributed by atoms with van der Waals surface area (Å²) >= 11 is 0. The molecule has 0 aliphatic heterocycles. The van der Waals surface area contributed by atoms with Gasteiger partial charge in [-0.15, -0.1) is 0 Å². The van der Waals surface area contributed by atoms with Crippen LogP contribution in [-0.2, 0) is 11.3 Å². The maximum absolute atomic E-state index is 11.2. The molecule has 0 spiro atoms. The van der Waals surface area contributed by atoms with Gasteiger partial charge >= 0.3 is 5.97 Å². The van der Waals surface area contributed by atoms with E-state index in [1.54, 1.807) is 6.07 Å². The lowest BCUT2D eigenvalue weighted by Gasteiger charge is -2.12. The molecule has 3 N–H and O–H groups in total. The molecule has 16 heavy (non-hydrogen) atoms. The number of aromatic nitrogens is 1. The maximum Gasteiger partial charge on any atom is 0.354 e. The molecule has 0 amide bonds. The first-order chi connectivity index (χ1) is 7.71. The van der Waals surface area contributed by atoms with Crippen molar-refractivity contribution in [1.82, 2.24) is 10.3 Å². The fraction of sp³-hybridized carbons (Fsp3) is 0.545. The molecule has 90 valence electrons. The minimum Gasteiger partial charge on any atom is -0.464 e. The summed E-state index contributed by atoms with van der Waals surface area (Å²) < 4.78 is 4.59. The van der Waals surface area contributed by atoms with Crippen LogP contribution in [0.4, 0.5) is 0 Å². The van der Waals surface area contributed by atoms with Gasteiger partial charge in [0.05, 0.1) is 13.7 Å². The Bertz CT molecular complexity index is 332. The molecule has 0 aliphatic rings. The third kappa shape index (κ3) is 3.36. The summed E-state index contributed by atoms with van der Waals surface area (Å²) in [5.41, 5.74) is 1.34. The second-order valence-corrected chi connectivity index (χ2v) is 3.56. The molecule has 1 aromatic heterocycles. The first-order valence-corrected chi connectivity index (χ1v) is 5.31. The number of aliphatic hydroxyl groups is 1. The number of ether oxygens (including phenoxy) is 1. The topological polar surface area (TPSA) is 74.3 Å². The number of hydrogen-bond acceptors (Lipinski definition) is 4. The van der Waals surface area contributed by atoms with E-state index in [4.69, 9.17) is 5.11 Å². The van der Waals surface area contributed by atoms with Gasteiger partial charge in [0, 0.05) is 18.3 Å². The monoisotopic (exact) mass is 226 g/mol. The Hall–Kier alpha value is -1.33. The van der Waals surface area contributed by atoms with E-state index in [-0.39, 0.29) is 18.6 Å². The minimum absolute atomic E-state index is 0.0878. The average molecular weight is 226 g/mol. The number of aromatic amines is 1. The predicted octanol–water partition coefficient (Wildman–Crippen LogP) is 0.662. The number of aliphatic hydroxyl groups excluding tert-OH is 1. The van der Waals surface area contributed by atoms with Gasteiger partial charge in [-0.3, -0.25) is 0 Å². The average Bonchev–Trinajstić information content (AvgIpc) is 2.78. The number of hydrogen-bond donors (Lipinski definition) is 3. The molecule has 5 nitrogen and oxygen atoms in total. The molecule has 5 heteroatoms. The van der Waals surface area contributed by atoms with Crippen molar-refractivity contribution >= 4 is 5.97 Å². The Labute approximate surface area is 94.8 Å². The lowest BCUT2D eigenvalue weighted by atomic mass is 10.2. The Balaban J connectivity index is 2.49. The Morgan fingerprint density at radius 1 is 1.62 bits per heavy atom. The van der Waals surface area contributed by atoms with Crippen LogP contribution in [0.1, 0.15) is 29.5 Å². The number of esters is 1. The van der Waals surface area contributed by atoms with Crippen LogP contribution in [0.3, 0.4) is 0 Å². The van der Waals surface area contributed by atoms with Crippen molar-refractivity contribution in [2.24, 2.45) is 0 Å². The highest BCUT2D eigenvalue weighted by Crippen LogP contribution is 2.03. The van der Waals surface area contributed by atoms with Crippen LogP contribution in [0, 0.1) is 0 Å². The zero-order valence-electron chi connectivity index (χ0n) is 9.62. The molecule has 0 fully saturated rings. The molecule has 0 radical (unpaired) electrons. The van der Waals surface area contributed by atoms with Gasteiger partial charge in [0.1, 0.15) is 5.69 Å². The Kier molecular flexibility index (Phi) is 5.01. The highest BCUT2D eigenvalue weighted by Gasteiger charge is 2.09. The van der Waals surface area contributed by atoms with Gasteiger partial charge in [0.15, 0.2) is 0 Å². The molecular weight excluding hydrogens is 208 g/mol. The van der Waals surface area contributed by atoms with Crippen molar-refractivity contribution in [1.29, 1.82) is 0 Å². The number of H-pyrrole nitrogens is 1. The van der Waals surface area contributed by atoms with Crippen molar-refractivity contribution < 1.29 is 14.6 Å². The number of methoxy groups -OCH3 is 1. The third-order valence-corrected chi connectivity index (χ3v) is 2.45. The van der Waals surface area contributed by atoms with E-state index in [0.717, 1.165) is 12.1 Å². The molecule has 0 saturated carbocycles. The lowest BCUT2D eigenvalue weighted by Crippen LogP contribution is -2.31. The third-order valence-electron chi connectivity index (χ3n) is 2.45. The predicted molar refractivity (Wildman–Crippen MR) is 60.1 cm³/mol. The number of rotatable bonds is 6. The molecule has 1 rings (SSSR count). The summed E-state index contributed by atoms with van der Waals surface area (Å²) in [5, 5.41) is 12.2. The van der Waals surface area contributed by atoms with Crippen molar-refractivity contribution in [3.63, 3.8) is 0 Å². The largest absolute Gasteiger partial charge is 0.464 e. The highest BCUT2D eigenvalue weighted by molar-refractivity contribution is 5.87. The summed E-state index contributed by atoms with van der Waals surface area (Å²) in [6.45, 7) is 2.71. The highest BCUT2D eigenvalue weighted by atomic mass is 16.5. The van der Waals surface area contributed by atoms with Crippen LogP contribution >= 0.6 is 0 Å². The standard InChI is InChI=1S/C11H18N2O3/c1-3-8(7-14)12-6-9-4-5-10(13-9)11(15)16-2/h4-5,8,12-14H,3,6-7H2,1-2H3. The second kappa shape index (κ2) is 6.30. The van der Waals surface area contributed by atoms with Crippen molar-refractivity contribution in [2.75, 3.05) is 13.7 Å². The Morgan fingerprint density at radius 2 is 2.38 bits per heavy atom. The SMILES string of the molecule is CCC(CO)NCc1ccc(C(=O)OC)[nH]1. The summed E-state index contributed by atoms with van der Waals surface area (Å²) in [4.78, 5) is 14.1. The van der Waals surface area contributed by atoms with E-state index in [0.29, 0.717) is 12.2 Å². The van der Waals surface area contributed by atoms with Gasteiger partial charge in [-0.2, -0.15) is 0 Å². The number of carbonyl (C=O) groups excluding carboxylic acids is 1. The van der Waals surface area contributed by atoms with Crippen LogP contribution in [0.5, 0.6) is 0 Å². The number of carbonyl (C=O) groups is 1. The molecule has 1 heterocycles. The van der Waals surface area contributed by atoms with E-state index < -0.39 is 0 Å². The fourth-order valence-corrected chi connectivity index (χ4v) is 1.36. The first kappa shape index (κ1) is 12.7. The van der Waals surface area contributed by atoms with E-state index in [1.807, 2.05) is 13.0 Å². The summed E-state index contributed by atoms with van der Waals surface area (Å²) in [7, 11) is 1.35. The zero-order chi connectivity index (χ0) is 12.0. The maximum atomic E-state index is 11.2. The van der Waals surface area contributed by atoms with E-state index in [9.17, 15) is 4.79 Å². The fourth-order valence-electron chi connectivity index (χ4n) is 1.36. The van der Waals surface area contributed by atoms with Crippen molar-refractivity contribution in [2.45, 2.75) is 25.9 Å². The van der Waals surface area contributed by atoms with E-state index in [1.165, 1.54) is 7.11 Å². The first-order valence-electron chi connectivity index (χ1n) is 5.31. The quantitative estimate of drug-likeness (QED) is 0.623. The smallest absolute Gasteiger partial charge is 0.354 e. The molecule has 1 unspecified atom stereocenters. The molecule has 1 atom stereocenters. The van der Waals surface area contributed by atoms with Crippen LogP contribution < -0.4 is 5.32 Å². The molecule has 1 aromatic rings. The summed E-state index contributed by atoms with van der Waals surface area (Å²) in [6.07, 6.45) is 0.862. The molecular formula is C11H18N2O3. The zero-order valence-corrected chi connectivity index (χ0v) is 9.62. The Morgan fingerprint density at radius 3 is 2.94 bits per heavy atom. The van der Waals surface area contributed by atoms with Gasteiger partial charge in [0.25, 0.3) is 0 Å². The number of nitrogens with one attached hydrogen (secondary N) is 2. The molecule has 0 aliphatic carbocycles. The van der Waals surface area contributed by atoms with Gasteiger partial charge in [0.2, 0.25) is 0 Å². The summed E-state index contributed by atoms with van der Waals surface area (Å²) in [6, 6.07) is 3.59. The van der Waals surface area contributed by atoms with Gasteiger partial charge < -0.3 is 20.1 Å². The molecule has 0 aromatic carbocycles. The molecule has 0 saturated heterocycles. The normalized spacial score (nSPS) is 12.4. The van der Waals surface area contributed by atoms with Crippen LogP contribution in [-0.4, -0.2) is 35.8 Å². The lowest BCUT2D eigenvalue weighted by molar-refractivity contribution is 0.0594. The van der Waals surface area contributed by atoms with E-state index in [2.05, 4.69) is 15.0 Å². The van der Waals surface area contributed by atoms with E-state index >= 15 is 0 Å².